The maximum absolute atomic E-state index is 15.0. The highest BCUT2D eigenvalue weighted by atomic mass is 19.1. The Labute approximate surface area is 188 Å². The molecular formula is C23H23F2N5O3. The number of nitrogens with zero attached hydrogens (tertiary/aromatic N) is 2. The third-order valence-electron chi connectivity index (χ3n) is 5.93. The second kappa shape index (κ2) is 8.43. The number of amides is 1. The molecule has 0 spiro atoms. The molecule has 2 aliphatic rings. The lowest BCUT2D eigenvalue weighted by Crippen LogP contribution is -2.34. The van der Waals surface area contributed by atoms with Crippen molar-refractivity contribution < 1.29 is 23.0 Å². The molecule has 33 heavy (non-hydrogen) atoms. The Hall–Kier alpha value is -3.53. The van der Waals surface area contributed by atoms with E-state index in [2.05, 4.69) is 25.9 Å². The number of alkyl halides is 1. The number of hydrogen-bond acceptors (Lipinski definition) is 7. The first kappa shape index (κ1) is 21.3. The highest BCUT2D eigenvalue weighted by Crippen LogP contribution is 2.37. The van der Waals surface area contributed by atoms with E-state index < -0.39 is 17.6 Å². The first-order valence-electron chi connectivity index (χ1n) is 10.7. The molecule has 0 saturated carbocycles. The fourth-order valence-electron chi connectivity index (χ4n) is 4.11. The van der Waals surface area contributed by atoms with Crippen molar-refractivity contribution in [1.82, 2.24) is 15.3 Å². The molecule has 0 radical (unpaired) electrons. The first-order chi connectivity index (χ1) is 15.9. The quantitative estimate of drug-likeness (QED) is 0.551. The van der Waals surface area contributed by atoms with Crippen LogP contribution >= 0.6 is 0 Å². The van der Waals surface area contributed by atoms with Crippen LogP contribution < -0.4 is 20.7 Å². The minimum Gasteiger partial charge on any atom is -0.474 e. The van der Waals surface area contributed by atoms with Gasteiger partial charge in [-0.05, 0) is 49.0 Å². The molecule has 2 aliphatic heterocycles. The van der Waals surface area contributed by atoms with E-state index in [1.54, 1.807) is 18.3 Å². The van der Waals surface area contributed by atoms with Gasteiger partial charge in [0.25, 0.3) is 0 Å². The summed E-state index contributed by atoms with van der Waals surface area (Å²) in [6.07, 6.45) is 2.55. The van der Waals surface area contributed by atoms with Crippen molar-refractivity contribution in [3.05, 3.63) is 42.0 Å². The normalized spacial score (nSPS) is 19.5. The molecule has 172 valence electrons. The molecule has 1 fully saturated rings. The second-order valence-electron chi connectivity index (χ2n) is 8.28. The Morgan fingerprint density at radius 1 is 1.21 bits per heavy atom. The van der Waals surface area contributed by atoms with Crippen molar-refractivity contribution in [3.8, 4) is 17.0 Å². The van der Waals surface area contributed by atoms with Crippen LogP contribution in [0, 0.1) is 12.7 Å². The van der Waals surface area contributed by atoms with Gasteiger partial charge < -0.3 is 20.1 Å². The van der Waals surface area contributed by atoms with Crippen LogP contribution in [0.15, 0.2) is 30.6 Å². The molecule has 1 saturated heterocycles. The number of carbonyl (C=O) groups excluding carboxylic acids is 1. The smallest absolute Gasteiger partial charge is 0.412 e. The van der Waals surface area contributed by atoms with Gasteiger partial charge in [-0.3, -0.25) is 5.32 Å². The van der Waals surface area contributed by atoms with Gasteiger partial charge in [0.2, 0.25) is 5.88 Å². The van der Waals surface area contributed by atoms with Crippen molar-refractivity contribution in [2.24, 2.45) is 0 Å². The van der Waals surface area contributed by atoms with Crippen molar-refractivity contribution in [1.29, 1.82) is 0 Å². The van der Waals surface area contributed by atoms with E-state index in [1.165, 1.54) is 12.3 Å². The van der Waals surface area contributed by atoms with Gasteiger partial charge in [-0.1, -0.05) is 0 Å². The third-order valence-corrected chi connectivity index (χ3v) is 5.93. The lowest BCUT2D eigenvalue weighted by molar-refractivity contribution is 0.0684. The summed E-state index contributed by atoms with van der Waals surface area (Å²) < 4.78 is 39.9. The Balaban J connectivity index is 1.40. The zero-order valence-electron chi connectivity index (χ0n) is 18.0. The minimum atomic E-state index is -1.55. The summed E-state index contributed by atoms with van der Waals surface area (Å²) in [5.41, 5.74) is 1.03. The number of fused-ring (bicyclic) bond motifs is 2. The zero-order chi connectivity index (χ0) is 23.0. The Bertz CT molecular complexity index is 1230. The van der Waals surface area contributed by atoms with Crippen LogP contribution in [0.4, 0.5) is 25.1 Å². The van der Waals surface area contributed by atoms with Gasteiger partial charge in [0.15, 0.2) is 5.67 Å². The van der Waals surface area contributed by atoms with E-state index >= 15 is 0 Å². The molecule has 5 rings (SSSR count). The summed E-state index contributed by atoms with van der Waals surface area (Å²) >= 11 is 0. The topological polar surface area (TPSA) is 97.4 Å². The number of nitrogens with one attached hydrogen (secondary N) is 3. The van der Waals surface area contributed by atoms with Crippen LogP contribution in [0.2, 0.25) is 0 Å². The molecule has 10 heteroatoms. The van der Waals surface area contributed by atoms with Gasteiger partial charge in [-0.15, -0.1) is 0 Å². The van der Waals surface area contributed by atoms with Gasteiger partial charge in [0, 0.05) is 42.0 Å². The van der Waals surface area contributed by atoms with Crippen molar-refractivity contribution in [3.63, 3.8) is 0 Å². The third kappa shape index (κ3) is 4.25. The van der Waals surface area contributed by atoms with Crippen LogP contribution in [0.25, 0.3) is 21.9 Å². The average molecular weight is 455 g/mol. The summed E-state index contributed by atoms with van der Waals surface area (Å²) in [5.74, 6) is 0.309. The molecule has 4 heterocycles. The summed E-state index contributed by atoms with van der Waals surface area (Å²) in [6, 6.07) is 4.69. The number of benzene rings is 1. The fourth-order valence-corrected chi connectivity index (χ4v) is 4.11. The molecule has 0 unspecified atom stereocenters. The first-order valence-corrected chi connectivity index (χ1v) is 10.7. The Morgan fingerprint density at radius 2 is 2.09 bits per heavy atom. The highest BCUT2D eigenvalue weighted by Gasteiger charge is 2.35. The molecule has 1 amide bonds. The van der Waals surface area contributed by atoms with Crippen molar-refractivity contribution in [2.75, 3.05) is 43.5 Å². The number of ether oxygens (including phenoxy) is 2. The van der Waals surface area contributed by atoms with Gasteiger partial charge in [-0.2, -0.15) is 0 Å². The molecule has 3 N–H and O–H groups in total. The van der Waals surface area contributed by atoms with E-state index in [9.17, 15) is 13.6 Å². The molecule has 1 atom stereocenters. The SMILES string of the molecule is Cc1c(-c2cc3cc(NC(=O)OC[C@]4(F)CCNC4)ncc3cc2F)cnc2c1NCCO2. The monoisotopic (exact) mass is 455 g/mol. The maximum Gasteiger partial charge on any atom is 0.412 e. The molecular weight excluding hydrogens is 432 g/mol. The van der Waals surface area contributed by atoms with E-state index in [0.29, 0.717) is 53.9 Å². The number of rotatable bonds is 4. The number of aromatic nitrogens is 2. The largest absolute Gasteiger partial charge is 0.474 e. The standard InChI is InChI=1S/C23H23F2N5O3/c1-13-17(10-29-21-20(13)27-4-5-32-21)16-6-14-8-19(28-9-15(14)7-18(16)24)30-22(31)33-12-23(25)2-3-26-11-23/h6-10,26-27H,2-5,11-12H2,1H3,(H,28,30,31)/t23-/m0/s1. The van der Waals surface area contributed by atoms with Crippen LogP contribution in [0.3, 0.4) is 0 Å². The summed E-state index contributed by atoms with van der Waals surface area (Å²) in [4.78, 5) is 20.6. The Morgan fingerprint density at radius 3 is 2.91 bits per heavy atom. The number of pyridine rings is 2. The molecule has 1 aromatic carbocycles. The lowest BCUT2D eigenvalue weighted by Gasteiger charge is -2.21. The number of carbonyl (C=O) groups is 1. The Kier molecular flexibility index (Phi) is 5.45. The molecule has 0 bridgehead atoms. The predicted molar refractivity (Wildman–Crippen MR) is 120 cm³/mol. The second-order valence-corrected chi connectivity index (χ2v) is 8.28. The summed E-state index contributed by atoms with van der Waals surface area (Å²) in [6.45, 7) is 3.43. The summed E-state index contributed by atoms with van der Waals surface area (Å²) in [5, 5.41) is 9.90. The minimum absolute atomic E-state index is 0.154. The van der Waals surface area contributed by atoms with Gasteiger partial charge in [0.05, 0.1) is 0 Å². The van der Waals surface area contributed by atoms with Crippen molar-refractivity contribution in [2.45, 2.75) is 19.0 Å². The number of anilines is 2. The lowest BCUT2D eigenvalue weighted by atomic mass is 9.98. The van der Waals surface area contributed by atoms with Crippen LogP contribution in [-0.4, -0.2) is 54.6 Å². The number of hydrogen-bond donors (Lipinski definition) is 3. The van der Waals surface area contributed by atoms with E-state index in [4.69, 9.17) is 9.47 Å². The van der Waals surface area contributed by atoms with Crippen LogP contribution in [0.1, 0.15) is 12.0 Å². The van der Waals surface area contributed by atoms with Crippen LogP contribution in [0.5, 0.6) is 5.88 Å². The fraction of sp³-hybridized carbons (Fsp3) is 0.348. The highest BCUT2D eigenvalue weighted by molar-refractivity contribution is 5.92. The van der Waals surface area contributed by atoms with E-state index in [0.717, 1.165) is 11.3 Å². The van der Waals surface area contributed by atoms with Gasteiger partial charge in [0.1, 0.15) is 30.5 Å². The molecule has 0 aliphatic carbocycles. The maximum atomic E-state index is 15.0. The molecule has 3 aromatic rings. The zero-order valence-corrected chi connectivity index (χ0v) is 18.0. The number of halogens is 2. The van der Waals surface area contributed by atoms with Crippen LogP contribution in [-0.2, 0) is 4.74 Å². The van der Waals surface area contributed by atoms with Gasteiger partial charge in [-0.25, -0.2) is 23.5 Å². The average Bonchev–Trinajstić information content (AvgIpc) is 3.25. The van der Waals surface area contributed by atoms with E-state index in [1.807, 2.05) is 6.92 Å². The van der Waals surface area contributed by atoms with E-state index in [-0.39, 0.29) is 19.0 Å². The predicted octanol–water partition coefficient (Wildman–Crippen LogP) is 3.80. The summed E-state index contributed by atoms with van der Waals surface area (Å²) in [7, 11) is 0. The van der Waals surface area contributed by atoms with Crippen molar-refractivity contribution >= 4 is 28.4 Å². The van der Waals surface area contributed by atoms with Gasteiger partial charge >= 0.3 is 6.09 Å². The molecule has 2 aromatic heterocycles. The molecule has 8 nitrogen and oxygen atoms in total.